The molecular weight excluding hydrogens is 322 g/mol. The molecule has 1 aromatic heterocycles. The lowest BCUT2D eigenvalue weighted by Gasteiger charge is -2.23. The Morgan fingerprint density at radius 2 is 2.18 bits per heavy atom. The van der Waals surface area contributed by atoms with E-state index in [2.05, 4.69) is 28.2 Å². The zero-order valence-electron chi connectivity index (χ0n) is 10.2. The summed E-state index contributed by atoms with van der Waals surface area (Å²) in [5, 5.41) is 4.86. The van der Waals surface area contributed by atoms with Gasteiger partial charge in [-0.05, 0) is 47.3 Å². The minimum absolute atomic E-state index is 0.140. The first-order chi connectivity index (χ1) is 7.88. The van der Waals surface area contributed by atoms with Crippen molar-refractivity contribution in [3.8, 4) is 0 Å². The minimum Gasteiger partial charge on any atom is -0.308 e. The molecule has 1 heterocycles. The van der Waals surface area contributed by atoms with Crippen LogP contribution < -0.4 is 5.32 Å². The van der Waals surface area contributed by atoms with Crippen LogP contribution in [0.2, 0.25) is 0 Å². The van der Waals surface area contributed by atoms with Gasteiger partial charge < -0.3 is 5.32 Å². The second-order valence-electron chi connectivity index (χ2n) is 4.10. The first-order valence-electron chi connectivity index (χ1n) is 5.53. The molecule has 98 valence electrons. The standard InChI is InChI=1S/C11H18BrNO2S2/c1-4-6-13-10(8(2)17(3,14)15)11-9(12)5-7-16-11/h5,7-8,10,13H,4,6H2,1-3H3. The van der Waals surface area contributed by atoms with Gasteiger partial charge in [-0.2, -0.15) is 0 Å². The normalized spacial score (nSPS) is 15.8. The molecule has 1 aromatic rings. The Hall–Kier alpha value is 0.0900. The Morgan fingerprint density at radius 1 is 1.53 bits per heavy atom. The number of halogens is 1. The molecule has 0 saturated carbocycles. The fourth-order valence-corrected chi connectivity index (χ4v) is 4.16. The molecule has 0 aliphatic rings. The Kier molecular flexibility index (Phi) is 5.63. The van der Waals surface area contributed by atoms with E-state index in [1.54, 1.807) is 18.3 Å². The minimum atomic E-state index is -3.05. The van der Waals surface area contributed by atoms with Crippen LogP contribution in [0, 0.1) is 0 Å². The first kappa shape index (κ1) is 15.1. The fraction of sp³-hybridized carbons (Fsp3) is 0.636. The maximum Gasteiger partial charge on any atom is 0.151 e. The summed E-state index contributed by atoms with van der Waals surface area (Å²) in [7, 11) is -3.05. The molecule has 6 heteroatoms. The van der Waals surface area contributed by atoms with Crippen LogP contribution in [0.4, 0.5) is 0 Å². The average molecular weight is 340 g/mol. The molecule has 2 atom stereocenters. The van der Waals surface area contributed by atoms with Crippen LogP contribution >= 0.6 is 27.3 Å². The zero-order chi connectivity index (χ0) is 13.1. The van der Waals surface area contributed by atoms with E-state index in [9.17, 15) is 8.42 Å². The highest BCUT2D eigenvalue weighted by atomic mass is 79.9. The zero-order valence-corrected chi connectivity index (χ0v) is 13.5. The Labute approximate surface area is 116 Å². The maximum atomic E-state index is 11.7. The molecule has 0 spiro atoms. The Bertz CT molecular complexity index is 456. The number of sulfone groups is 1. The number of hydrogen-bond donors (Lipinski definition) is 1. The molecule has 0 radical (unpaired) electrons. The summed E-state index contributed by atoms with van der Waals surface area (Å²) in [4.78, 5) is 1.05. The summed E-state index contributed by atoms with van der Waals surface area (Å²) in [6.07, 6.45) is 2.27. The van der Waals surface area contributed by atoms with Crippen molar-refractivity contribution in [2.45, 2.75) is 31.6 Å². The molecule has 0 aliphatic heterocycles. The van der Waals surface area contributed by atoms with Crippen LogP contribution in [-0.4, -0.2) is 26.5 Å². The predicted octanol–water partition coefficient (Wildman–Crippen LogP) is 2.98. The summed E-state index contributed by atoms with van der Waals surface area (Å²) in [6, 6.07) is 1.81. The monoisotopic (exact) mass is 339 g/mol. The quantitative estimate of drug-likeness (QED) is 0.866. The summed E-state index contributed by atoms with van der Waals surface area (Å²) in [6.45, 7) is 4.64. The summed E-state index contributed by atoms with van der Waals surface area (Å²) in [5.41, 5.74) is 0. The third-order valence-electron chi connectivity index (χ3n) is 2.69. The molecule has 0 fully saturated rings. The van der Waals surface area contributed by atoms with Crippen molar-refractivity contribution >= 4 is 37.1 Å². The third-order valence-corrected chi connectivity index (χ3v) is 6.26. The van der Waals surface area contributed by atoms with E-state index in [0.717, 1.165) is 22.3 Å². The number of hydrogen-bond acceptors (Lipinski definition) is 4. The van der Waals surface area contributed by atoms with Crippen LogP contribution in [-0.2, 0) is 9.84 Å². The van der Waals surface area contributed by atoms with E-state index < -0.39 is 15.1 Å². The maximum absolute atomic E-state index is 11.7. The van der Waals surface area contributed by atoms with Gasteiger partial charge in [-0.15, -0.1) is 11.3 Å². The third kappa shape index (κ3) is 4.05. The smallest absolute Gasteiger partial charge is 0.151 e. The van der Waals surface area contributed by atoms with Crippen LogP contribution in [0.25, 0.3) is 0 Å². The largest absolute Gasteiger partial charge is 0.308 e. The lowest BCUT2D eigenvalue weighted by Crippen LogP contribution is -2.35. The van der Waals surface area contributed by atoms with E-state index >= 15 is 0 Å². The van der Waals surface area contributed by atoms with Gasteiger partial charge in [0.05, 0.1) is 11.3 Å². The summed E-state index contributed by atoms with van der Waals surface area (Å²) >= 11 is 5.05. The SMILES string of the molecule is CCCNC(c1sccc1Br)C(C)S(C)(=O)=O. The highest BCUT2D eigenvalue weighted by Gasteiger charge is 2.28. The molecule has 0 bridgehead atoms. The van der Waals surface area contributed by atoms with Gasteiger partial charge in [0.1, 0.15) is 0 Å². The van der Waals surface area contributed by atoms with Gasteiger partial charge in [-0.25, -0.2) is 8.42 Å². The lowest BCUT2D eigenvalue weighted by atomic mass is 10.2. The molecule has 0 amide bonds. The highest BCUT2D eigenvalue weighted by molar-refractivity contribution is 9.10. The van der Waals surface area contributed by atoms with Crippen LogP contribution in [0.5, 0.6) is 0 Å². The lowest BCUT2D eigenvalue weighted by molar-refractivity contribution is 0.505. The number of thiophene rings is 1. The molecule has 0 aliphatic carbocycles. The van der Waals surface area contributed by atoms with Gasteiger partial charge in [0.2, 0.25) is 0 Å². The molecule has 0 aromatic carbocycles. The van der Waals surface area contributed by atoms with Crippen molar-refractivity contribution in [2.75, 3.05) is 12.8 Å². The number of nitrogens with one attached hydrogen (secondary N) is 1. The number of rotatable bonds is 6. The molecule has 0 saturated heterocycles. The second kappa shape index (κ2) is 6.31. The van der Waals surface area contributed by atoms with Gasteiger partial charge >= 0.3 is 0 Å². The van der Waals surface area contributed by atoms with Crippen molar-refractivity contribution in [1.82, 2.24) is 5.32 Å². The van der Waals surface area contributed by atoms with Crippen molar-refractivity contribution in [3.63, 3.8) is 0 Å². The van der Waals surface area contributed by atoms with Crippen molar-refractivity contribution in [1.29, 1.82) is 0 Å². The molecule has 17 heavy (non-hydrogen) atoms. The van der Waals surface area contributed by atoms with Gasteiger partial charge in [-0.3, -0.25) is 0 Å². The molecular formula is C11H18BrNO2S2. The van der Waals surface area contributed by atoms with Gasteiger partial charge in [0.25, 0.3) is 0 Å². The summed E-state index contributed by atoms with van der Waals surface area (Å²) < 4.78 is 24.4. The van der Waals surface area contributed by atoms with Gasteiger partial charge in [-0.1, -0.05) is 6.92 Å². The van der Waals surface area contributed by atoms with Crippen LogP contribution in [0.3, 0.4) is 0 Å². The van der Waals surface area contributed by atoms with Crippen molar-refractivity contribution in [2.24, 2.45) is 0 Å². The Morgan fingerprint density at radius 3 is 2.59 bits per heavy atom. The molecule has 1 rings (SSSR count). The average Bonchev–Trinajstić information content (AvgIpc) is 2.64. The molecule has 1 N–H and O–H groups in total. The topological polar surface area (TPSA) is 46.2 Å². The van der Waals surface area contributed by atoms with E-state index in [0.29, 0.717) is 0 Å². The van der Waals surface area contributed by atoms with Gasteiger partial charge in [0.15, 0.2) is 9.84 Å². The Balaban J connectivity index is 3.00. The summed E-state index contributed by atoms with van der Waals surface area (Å²) in [5.74, 6) is 0. The van der Waals surface area contributed by atoms with E-state index in [-0.39, 0.29) is 6.04 Å². The first-order valence-corrected chi connectivity index (χ1v) is 9.15. The van der Waals surface area contributed by atoms with Crippen LogP contribution in [0.1, 0.15) is 31.2 Å². The highest BCUT2D eigenvalue weighted by Crippen LogP contribution is 2.32. The van der Waals surface area contributed by atoms with Crippen LogP contribution in [0.15, 0.2) is 15.9 Å². The molecule has 3 nitrogen and oxygen atoms in total. The fourth-order valence-electron chi connectivity index (χ4n) is 1.55. The van der Waals surface area contributed by atoms with Crippen molar-refractivity contribution < 1.29 is 8.42 Å². The molecule has 2 unspecified atom stereocenters. The van der Waals surface area contributed by atoms with E-state index in [1.807, 2.05) is 11.4 Å². The van der Waals surface area contributed by atoms with Gasteiger partial charge in [0, 0.05) is 15.6 Å². The van der Waals surface area contributed by atoms with Crippen molar-refractivity contribution in [3.05, 3.63) is 20.8 Å². The van der Waals surface area contributed by atoms with E-state index in [4.69, 9.17) is 0 Å². The second-order valence-corrected chi connectivity index (χ2v) is 8.30. The predicted molar refractivity (Wildman–Crippen MR) is 77.4 cm³/mol. The van der Waals surface area contributed by atoms with E-state index in [1.165, 1.54) is 6.26 Å².